The molecule has 2 aromatic carbocycles. The Morgan fingerprint density at radius 3 is 1.77 bits per heavy atom. The maximum Gasteiger partial charge on any atom is 0.212 e. The maximum atomic E-state index is 2.47. The van der Waals surface area contributed by atoms with Crippen molar-refractivity contribution in [3.63, 3.8) is 0 Å². The summed E-state index contributed by atoms with van der Waals surface area (Å²) in [6.45, 7) is 18.6. The number of hydrogen-bond donors (Lipinski definition) is 0. The minimum Gasteiger partial charge on any atom is -0.201 e. The molecule has 156 valence electrons. The third-order valence-electron chi connectivity index (χ3n) is 7.26. The Bertz CT molecular complexity index is 1140. The van der Waals surface area contributed by atoms with Crippen molar-refractivity contribution in [1.82, 2.24) is 0 Å². The van der Waals surface area contributed by atoms with E-state index in [0.717, 1.165) is 0 Å². The van der Waals surface area contributed by atoms with Gasteiger partial charge in [0.05, 0.1) is 0 Å². The molecule has 0 fully saturated rings. The van der Waals surface area contributed by atoms with Crippen LogP contribution in [0.4, 0.5) is 0 Å². The molecule has 1 aliphatic carbocycles. The topological polar surface area (TPSA) is 3.88 Å². The third-order valence-corrected chi connectivity index (χ3v) is 7.26. The van der Waals surface area contributed by atoms with Crippen molar-refractivity contribution in [2.75, 3.05) is 0 Å². The van der Waals surface area contributed by atoms with Crippen molar-refractivity contribution in [3.8, 4) is 11.3 Å². The van der Waals surface area contributed by atoms with E-state index in [1.807, 2.05) is 0 Å². The van der Waals surface area contributed by atoms with Crippen LogP contribution in [0.5, 0.6) is 0 Å². The summed E-state index contributed by atoms with van der Waals surface area (Å²) in [6.07, 6.45) is 2.29. The Kier molecular flexibility index (Phi) is 4.55. The quantitative estimate of drug-likeness (QED) is 0.399. The molecule has 0 saturated heterocycles. The molecular weight excluding hydrogens is 362 g/mol. The number of fused-ring (bicyclic) bond motifs is 2. The van der Waals surface area contributed by atoms with E-state index in [1.54, 1.807) is 0 Å². The second-order valence-corrected chi connectivity index (χ2v) is 11.2. The highest BCUT2D eigenvalue weighted by atomic mass is 14.9. The highest BCUT2D eigenvalue weighted by Gasteiger charge is 2.42. The Morgan fingerprint density at radius 2 is 1.27 bits per heavy atom. The summed E-state index contributed by atoms with van der Waals surface area (Å²) in [5, 5.41) is 0. The average molecular weight is 399 g/mol. The SMILES string of the molecule is Cc1cc2c(cc1-c1ccc(C(C)(C)C)c[n+]1C)C(C)(C)c1ccccc1C2(C)C. The minimum absolute atomic E-state index is 0.00299. The lowest BCUT2D eigenvalue weighted by Gasteiger charge is -2.44. The molecule has 0 radical (unpaired) electrons. The third kappa shape index (κ3) is 3.02. The molecule has 0 N–H and O–H groups in total. The standard InChI is InChI=1S/C29H36N/c1-19-16-24-25(29(7,8)23-13-11-10-12-22(23)28(24,5)6)17-21(19)26-15-14-20(18-30(26)9)27(2,3)4/h10-18H,1-9H3/q+1. The van der Waals surface area contributed by atoms with Gasteiger partial charge in [-0.1, -0.05) is 78.8 Å². The van der Waals surface area contributed by atoms with Gasteiger partial charge in [-0.2, -0.15) is 0 Å². The van der Waals surface area contributed by atoms with Crippen LogP contribution in [0.2, 0.25) is 0 Å². The molecule has 0 unspecified atom stereocenters. The van der Waals surface area contributed by atoms with Crippen LogP contribution in [0.25, 0.3) is 11.3 Å². The number of benzene rings is 2. The summed E-state index contributed by atoms with van der Waals surface area (Å²) in [7, 11) is 2.17. The number of rotatable bonds is 1. The Morgan fingerprint density at radius 1 is 0.733 bits per heavy atom. The fourth-order valence-corrected chi connectivity index (χ4v) is 5.21. The Hall–Kier alpha value is -2.41. The first-order valence-electron chi connectivity index (χ1n) is 11.1. The molecule has 0 bridgehead atoms. The van der Waals surface area contributed by atoms with Crippen LogP contribution >= 0.6 is 0 Å². The smallest absolute Gasteiger partial charge is 0.201 e. The maximum absolute atomic E-state index is 2.47. The molecule has 0 atom stereocenters. The van der Waals surface area contributed by atoms with E-state index in [1.165, 1.54) is 44.6 Å². The zero-order chi connectivity index (χ0) is 22.1. The first kappa shape index (κ1) is 20.8. The lowest BCUT2D eigenvalue weighted by molar-refractivity contribution is -0.661. The highest BCUT2D eigenvalue weighted by Crippen LogP contribution is 2.50. The predicted octanol–water partition coefficient (Wildman–Crippen LogP) is 6.75. The molecule has 0 spiro atoms. The molecule has 3 aromatic rings. The van der Waals surface area contributed by atoms with E-state index in [9.17, 15) is 0 Å². The van der Waals surface area contributed by atoms with Gasteiger partial charge in [-0.05, 0) is 52.3 Å². The van der Waals surface area contributed by atoms with Gasteiger partial charge in [-0.15, -0.1) is 0 Å². The number of pyridine rings is 1. The van der Waals surface area contributed by atoms with Crippen molar-refractivity contribution in [3.05, 3.63) is 88.1 Å². The summed E-state index contributed by atoms with van der Waals surface area (Å²) in [4.78, 5) is 0. The van der Waals surface area contributed by atoms with E-state index in [2.05, 4.69) is 122 Å². The molecular formula is C29H36N+. The van der Waals surface area contributed by atoms with E-state index in [0.29, 0.717) is 0 Å². The molecule has 0 amide bonds. The zero-order valence-corrected chi connectivity index (χ0v) is 20.1. The van der Waals surface area contributed by atoms with E-state index < -0.39 is 0 Å². The van der Waals surface area contributed by atoms with Crippen molar-refractivity contribution >= 4 is 0 Å². The van der Waals surface area contributed by atoms with Gasteiger partial charge in [0, 0.05) is 28.0 Å². The van der Waals surface area contributed by atoms with Gasteiger partial charge in [0.25, 0.3) is 0 Å². The predicted molar refractivity (Wildman–Crippen MR) is 127 cm³/mol. The van der Waals surface area contributed by atoms with E-state index >= 15 is 0 Å². The number of aryl methyl sites for hydroxylation is 2. The molecule has 4 rings (SSSR count). The monoisotopic (exact) mass is 398 g/mol. The van der Waals surface area contributed by atoms with Gasteiger partial charge in [-0.25, -0.2) is 4.57 Å². The summed E-state index contributed by atoms with van der Waals surface area (Å²) < 4.78 is 2.30. The van der Waals surface area contributed by atoms with Gasteiger partial charge in [0.1, 0.15) is 7.05 Å². The fraction of sp³-hybridized carbons (Fsp3) is 0.414. The fourth-order valence-electron chi connectivity index (χ4n) is 5.21. The van der Waals surface area contributed by atoms with Crippen molar-refractivity contribution in [2.24, 2.45) is 7.05 Å². The number of aromatic nitrogens is 1. The van der Waals surface area contributed by atoms with Crippen LogP contribution in [0.1, 0.15) is 81.8 Å². The van der Waals surface area contributed by atoms with E-state index in [4.69, 9.17) is 0 Å². The van der Waals surface area contributed by atoms with Crippen LogP contribution in [0, 0.1) is 6.92 Å². The van der Waals surface area contributed by atoms with Gasteiger partial charge in [0.2, 0.25) is 5.69 Å². The summed E-state index contributed by atoms with van der Waals surface area (Å²) >= 11 is 0. The normalized spacial score (nSPS) is 16.7. The molecule has 30 heavy (non-hydrogen) atoms. The van der Waals surface area contributed by atoms with E-state index in [-0.39, 0.29) is 16.2 Å². The molecule has 1 heteroatoms. The molecule has 1 aromatic heterocycles. The first-order valence-corrected chi connectivity index (χ1v) is 11.1. The van der Waals surface area contributed by atoms with Crippen LogP contribution in [-0.2, 0) is 23.3 Å². The van der Waals surface area contributed by atoms with Crippen molar-refractivity contribution in [1.29, 1.82) is 0 Å². The molecule has 1 aliphatic rings. The Balaban J connectivity index is 1.95. The summed E-state index contributed by atoms with van der Waals surface area (Å²) in [5.41, 5.74) is 11.3. The average Bonchev–Trinajstić information content (AvgIpc) is 2.66. The van der Waals surface area contributed by atoms with Crippen LogP contribution in [-0.4, -0.2) is 0 Å². The second kappa shape index (κ2) is 6.54. The van der Waals surface area contributed by atoms with Crippen LogP contribution in [0.15, 0.2) is 54.7 Å². The lowest BCUT2D eigenvalue weighted by atomic mass is 9.59. The summed E-state index contributed by atoms with van der Waals surface area (Å²) in [5.74, 6) is 0. The lowest BCUT2D eigenvalue weighted by Crippen LogP contribution is -2.37. The van der Waals surface area contributed by atoms with Gasteiger partial charge in [-0.3, -0.25) is 0 Å². The van der Waals surface area contributed by atoms with Gasteiger partial charge < -0.3 is 0 Å². The van der Waals surface area contributed by atoms with Gasteiger partial charge >= 0.3 is 0 Å². The first-order chi connectivity index (χ1) is 13.8. The van der Waals surface area contributed by atoms with Crippen molar-refractivity contribution in [2.45, 2.75) is 71.6 Å². The number of nitrogens with zero attached hydrogens (tertiary/aromatic N) is 1. The molecule has 0 saturated carbocycles. The number of hydrogen-bond acceptors (Lipinski definition) is 0. The van der Waals surface area contributed by atoms with Crippen molar-refractivity contribution < 1.29 is 4.57 Å². The molecule has 1 nitrogen and oxygen atoms in total. The highest BCUT2D eigenvalue weighted by molar-refractivity contribution is 5.69. The Labute approximate surface area is 182 Å². The molecule has 1 heterocycles. The summed E-state index contributed by atoms with van der Waals surface area (Å²) in [6, 6.07) is 18.5. The van der Waals surface area contributed by atoms with Crippen LogP contribution < -0.4 is 4.57 Å². The largest absolute Gasteiger partial charge is 0.212 e. The molecule has 0 aliphatic heterocycles. The van der Waals surface area contributed by atoms with Crippen LogP contribution in [0.3, 0.4) is 0 Å². The van der Waals surface area contributed by atoms with Gasteiger partial charge in [0.15, 0.2) is 6.20 Å². The minimum atomic E-state index is -0.0200. The second-order valence-electron chi connectivity index (χ2n) is 11.2. The zero-order valence-electron chi connectivity index (χ0n) is 20.1.